The molecule has 4 heteroatoms. The van der Waals surface area contributed by atoms with Gasteiger partial charge in [0.2, 0.25) is 0 Å². The highest BCUT2D eigenvalue weighted by Crippen LogP contribution is 2.32. The molecule has 0 heterocycles. The fourth-order valence-electron chi connectivity index (χ4n) is 1.54. The summed E-state index contributed by atoms with van der Waals surface area (Å²) in [7, 11) is 1.65. The highest BCUT2D eigenvalue weighted by Gasteiger charge is 2.05. The normalized spacial score (nSPS) is 10.4. The molecule has 0 aliphatic heterocycles. The molecule has 0 bridgehead atoms. The summed E-state index contributed by atoms with van der Waals surface area (Å²) in [6, 6.07) is 13.8. The summed E-state index contributed by atoms with van der Waals surface area (Å²) >= 11 is 5.03. The molecule has 0 spiro atoms. The van der Waals surface area contributed by atoms with Crippen LogP contribution in [0.4, 0.5) is 0 Å². The molecular formula is C14H13BrO2S. The predicted molar refractivity (Wildman–Crippen MR) is 77.2 cm³/mol. The number of hydrogen-bond acceptors (Lipinski definition) is 3. The minimum absolute atomic E-state index is 0.0396. The van der Waals surface area contributed by atoms with Gasteiger partial charge in [0.25, 0.3) is 0 Å². The van der Waals surface area contributed by atoms with Crippen LogP contribution < -0.4 is 4.74 Å². The van der Waals surface area contributed by atoms with Crippen LogP contribution in [-0.2, 0) is 6.61 Å². The molecule has 0 aliphatic carbocycles. The summed E-state index contributed by atoms with van der Waals surface area (Å²) in [4.78, 5) is 2.18. The maximum atomic E-state index is 9.35. The summed E-state index contributed by atoms with van der Waals surface area (Å²) in [5.74, 6) is 0.845. The van der Waals surface area contributed by atoms with E-state index in [9.17, 15) is 5.11 Å². The van der Waals surface area contributed by atoms with E-state index in [4.69, 9.17) is 4.74 Å². The second kappa shape index (κ2) is 6.27. The number of halogens is 1. The highest BCUT2D eigenvalue weighted by molar-refractivity contribution is 9.10. The van der Waals surface area contributed by atoms with E-state index >= 15 is 0 Å². The molecule has 0 aliphatic rings. The Morgan fingerprint density at radius 1 is 1.17 bits per heavy atom. The molecule has 0 saturated carbocycles. The zero-order valence-corrected chi connectivity index (χ0v) is 12.3. The molecule has 2 nitrogen and oxygen atoms in total. The van der Waals surface area contributed by atoms with Crippen LogP contribution in [0.5, 0.6) is 5.75 Å². The first-order chi connectivity index (χ1) is 8.72. The summed E-state index contributed by atoms with van der Waals surface area (Å²) in [5.41, 5.74) is 0.921. The van der Waals surface area contributed by atoms with E-state index in [0.717, 1.165) is 25.6 Å². The Morgan fingerprint density at radius 3 is 2.50 bits per heavy atom. The Hall–Kier alpha value is -0.970. The Morgan fingerprint density at radius 2 is 1.89 bits per heavy atom. The Balaban J connectivity index is 2.22. The SMILES string of the molecule is COc1ccc(Sc2ccc(Br)cc2CO)cc1. The molecule has 94 valence electrons. The first-order valence-corrected chi connectivity index (χ1v) is 7.05. The van der Waals surface area contributed by atoms with Crippen molar-refractivity contribution in [3.8, 4) is 5.75 Å². The maximum absolute atomic E-state index is 9.35. The number of aliphatic hydroxyl groups excluding tert-OH is 1. The number of benzene rings is 2. The van der Waals surface area contributed by atoms with Crippen LogP contribution in [0, 0.1) is 0 Å². The first-order valence-electron chi connectivity index (χ1n) is 5.44. The van der Waals surface area contributed by atoms with E-state index in [0.29, 0.717) is 0 Å². The van der Waals surface area contributed by atoms with Gasteiger partial charge in [0.15, 0.2) is 0 Å². The molecule has 0 atom stereocenters. The van der Waals surface area contributed by atoms with E-state index < -0.39 is 0 Å². The second-order valence-corrected chi connectivity index (χ2v) is 5.72. The molecule has 2 aromatic carbocycles. The zero-order chi connectivity index (χ0) is 13.0. The van der Waals surface area contributed by atoms with Gasteiger partial charge in [-0.15, -0.1) is 0 Å². The Bertz CT molecular complexity index is 526. The lowest BCUT2D eigenvalue weighted by atomic mass is 10.2. The predicted octanol–water partition coefficient (Wildman–Crippen LogP) is 4.10. The smallest absolute Gasteiger partial charge is 0.118 e. The molecule has 0 aromatic heterocycles. The van der Waals surface area contributed by atoms with Gasteiger partial charge in [-0.05, 0) is 48.0 Å². The lowest BCUT2D eigenvalue weighted by Gasteiger charge is -2.08. The molecule has 2 rings (SSSR count). The van der Waals surface area contributed by atoms with E-state index in [-0.39, 0.29) is 6.61 Å². The monoisotopic (exact) mass is 324 g/mol. The van der Waals surface area contributed by atoms with Crippen molar-refractivity contribution in [2.45, 2.75) is 16.4 Å². The molecule has 0 amide bonds. The highest BCUT2D eigenvalue weighted by atomic mass is 79.9. The third-order valence-corrected chi connectivity index (χ3v) is 4.10. The van der Waals surface area contributed by atoms with Crippen LogP contribution in [-0.4, -0.2) is 12.2 Å². The van der Waals surface area contributed by atoms with Gasteiger partial charge >= 0.3 is 0 Å². The molecule has 18 heavy (non-hydrogen) atoms. The van der Waals surface area contributed by atoms with Gasteiger partial charge in [0.05, 0.1) is 13.7 Å². The number of aliphatic hydroxyl groups is 1. The summed E-state index contributed by atoms with van der Waals surface area (Å²) < 4.78 is 6.10. The average molecular weight is 325 g/mol. The van der Waals surface area contributed by atoms with Crippen molar-refractivity contribution in [2.24, 2.45) is 0 Å². The van der Waals surface area contributed by atoms with Crippen molar-refractivity contribution >= 4 is 27.7 Å². The lowest BCUT2D eigenvalue weighted by molar-refractivity contribution is 0.279. The van der Waals surface area contributed by atoms with Crippen LogP contribution in [0.1, 0.15) is 5.56 Å². The fourth-order valence-corrected chi connectivity index (χ4v) is 2.87. The number of ether oxygens (including phenoxy) is 1. The van der Waals surface area contributed by atoms with Crippen molar-refractivity contribution in [1.29, 1.82) is 0 Å². The van der Waals surface area contributed by atoms with Crippen LogP contribution in [0.15, 0.2) is 56.7 Å². The lowest BCUT2D eigenvalue weighted by Crippen LogP contribution is -1.87. The average Bonchev–Trinajstić information content (AvgIpc) is 2.41. The number of hydrogen-bond donors (Lipinski definition) is 1. The van der Waals surface area contributed by atoms with Crippen molar-refractivity contribution in [3.05, 3.63) is 52.5 Å². The Kier molecular flexibility index (Phi) is 4.69. The molecule has 0 unspecified atom stereocenters. The molecule has 1 N–H and O–H groups in total. The van der Waals surface area contributed by atoms with Crippen LogP contribution in [0.25, 0.3) is 0 Å². The largest absolute Gasteiger partial charge is 0.497 e. The fraction of sp³-hybridized carbons (Fsp3) is 0.143. The summed E-state index contributed by atoms with van der Waals surface area (Å²) in [6.07, 6.45) is 0. The van der Waals surface area contributed by atoms with Gasteiger partial charge in [0.1, 0.15) is 5.75 Å². The molecule has 0 saturated heterocycles. The summed E-state index contributed by atoms with van der Waals surface area (Å²) in [5, 5.41) is 9.35. The van der Waals surface area contributed by atoms with Gasteiger partial charge in [-0.3, -0.25) is 0 Å². The van der Waals surface area contributed by atoms with Gasteiger partial charge in [0, 0.05) is 14.3 Å². The van der Waals surface area contributed by atoms with Gasteiger partial charge in [-0.1, -0.05) is 27.7 Å². The minimum Gasteiger partial charge on any atom is -0.497 e. The van der Waals surface area contributed by atoms with Gasteiger partial charge < -0.3 is 9.84 Å². The minimum atomic E-state index is 0.0396. The van der Waals surface area contributed by atoms with E-state index in [1.165, 1.54) is 0 Å². The summed E-state index contributed by atoms with van der Waals surface area (Å²) in [6.45, 7) is 0.0396. The van der Waals surface area contributed by atoms with Crippen molar-refractivity contribution < 1.29 is 9.84 Å². The van der Waals surface area contributed by atoms with Crippen LogP contribution in [0.3, 0.4) is 0 Å². The van der Waals surface area contributed by atoms with E-state index in [2.05, 4.69) is 15.9 Å². The standard InChI is InChI=1S/C14H13BrO2S/c1-17-12-3-5-13(6-4-12)18-14-7-2-11(15)8-10(14)9-16/h2-8,16H,9H2,1H3. The van der Waals surface area contributed by atoms with Crippen molar-refractivity contribution in [3.63, 3.8) is 0 Å². The van der Waals surface area contributed by atoms with Gasteiger partial charge in [-0.25, -0.2) is 0 Å². The zero-order valence-electron chi connectivity index (χ0n) is 9.89. The number of methoxy groups -OCH3 is 1. The molecule has 0 fully saturated rings. The van der Waals surface area contributed by atoms with Gasteiger partial charge in [-0.2, -0.15) is 0 Å². The quantitative estimate of drug-likeness (QED) is 0.918. The first kappa shape index (κ1) is 13.5. The molecule has 0 radical (unpaired) electrons. The van der Waals surface area contributed by atoms with Crippen LogP contribution in [0.2, 0.25) is 0 Å². The Labute approximate surface area is 119 Å². The maximum Gasteiger partial charge on any atom is 0.118 e. The van der Waals surface area contributed by atoms with E-state index in [1.807, 2.05) is 42.5 Å². The number of rotatable bonds is 4. The third kappa shape index (κ3) is 3.28. The molecular weight excluding hydrogens is 312 g/mol. The van der Waals surface area contributed by atoms with Crippen molar-refractivity contribution in [2.75, 3.05) is 7.11 Å². The second-order valence-electron chi connectivity index (χ2n) is 3.69. The topological polar surface area (TPSA) is 29.5 Å². The third-order valence-electron chi connectivity index (χ3n) is 2.48. The molecule has 2 aromatic rings. The van der Waals surface area contributed by atoms with E-state index in [1.54, 1.807) is 18.9 Å². The van der Waals surface area contributed by atoms with Crippen molar-refractivity contribution in [1.82, 2.24) is 0 Å². The van der Waals surface area contributed by atoms with Crippen LogP contribution >= 0.6 is 27.7 Å².